The first-order chi connectivity index (χ1) is 8.99. The van der Waals surface area contributed by atoms with Gasteiger partial charge in [-0.1, -0.05) is 36.0 Å². The van der Waals surface area contributed by atoms with E-state index in [-0.39, 0.29) is 0 Å². The summed E-state index contributed by atoms with van der Waals surface area (Å²) >= 11 is 14.6. The number of benzene rings is 2. The van der Waals surface area contributed by atoms with Gasteiger partial charge in [0, 0.05) is 26.4 Å². The zero-order valence-corrected chi connectivity index (χ0v) is 13.4. The maximum atomic E-state index is 6.02. The summed E-state index contributed by atoms with van der Waals surface area (Å²) in [7, 11) is 0. The normalized spacial score (nSPS) is 10.3. The van der Waals surface area contributed by atoms with Crippen molar-refractivity contribution < 1.29 is 0 Å². The van der Waals surface area contributed by atoms with E-state index >= 15 is 0 Å². The Morgan fingerprint density at radius 1 is 1.26 bits per heavy atom. The van der Waals surface area contributed by atoms with Crippen LogP contribution in [0, 0.1) is 6.92 Å². The van der Waals surface area contributed by atoms with Gasteiger partial charge in [0.25, 0.3) is 0 Å². The molecule has 0 heterocycles. The molecule has 0 atom stereocenters. The lowest BCUT2D eigenvalue weighted by molar-refractivity contribution is 1.42. The monoisotopic (exact) mass is 354 g/mol. The molecule has 0 spiro atoms. The maximum absolute atomic E-state index is 6.02. The van der Waals surface area contributed by atoms with Gasteiger partial charge in [-0.05, 0) is 52.7 Å². The second kappa shape index (κ2) is 5.90. The van der Waals surface area contributed by atoms with Crippen molar-refractivity contribution in [1.82, 2.24) is 0 Å². The van der Waals surface area contributed by atoms with Crippen LogP contribution in [0.2, 0.25) is 5.02 Å². The Bertz CT molecular complexity index is 643. The Labute approximate surface area is 131 Å². The third kappa shape index (κ3) is 3.26. The first-order valence-corrected chi connectivity index (χ1v) is 7.18. The van der Waals surface area contributed by atoms with Gasteiger partial charge in [-0.3, -0.25) is 0 Å². The Hall–Kier alpha value is -1.10. The molecule has 3 N–H and O–H groups in total. The van der Waals surface area contributed by atoms with Gasteiger partial charge in [0.05, 0.1) is 0 Å². The Morgan fingerprint density at radius 2 is 2.00 bits per heavy atom. The van der Waals surface area contributed by atoms with Crippen LogP contribution in [-0.4, -0.2) is 4.99 Å². The highest BCUT2D eigenvalue weighted by atomic mass is 79.9. The fourth-order valence-electron chi connectivity index (χ4n) is 1.75. The van der Waals surface area contributed by atoms with E-state index in [2.05, 4.69) is 21.2 Å². The fraction of sp³-hybridized carbons (Fsp3) is 0.0714. The Balaban J connectivity index is 2.46. The summed E-state index contributed by atoms with van der Waals surface area (Å²) in [5.74, 6) is 0. The summed E-state index contributed by atoms with van der Waals surface area (Å²) in [6.45, 7) is 2.01. The van der Waals surface area contributed by atoms with E-state index in [1.165, 1.54) is 0 Å². The number of aryl methyl sites for hydroxylation is 1. The van der Waals surface area contributed by atoms with Crippen LogP contribution in [0.25, 0.3) is 0 Å². The molecule has 0 saturated carbocycles. The van der Waals surface area contributed by atoms with Crippen molar-refractivity contribution in [3.8, 4) is 0 Å². The van der Waals surface area contributed by atoms with E-state index in [9.17, 15) is 0 Å². The summed E-state index contributed by atoms with van der Waals surface area (Å²) in [5.41, 5.74) is 9.44. The SMILES string of the molecule is Cc1ccc(Cl)cc1Nc1cccc(Br)c1C(N)=S. The van der Waals surface area contributed by atoms with Gasteiger partial charge in [0.1, 0.15) is 4.99 Å². The highest BCUT2D eigenvalue weighted by Gasteiger charge is 2.10. The minimum absolute atomic E-state index is 0.342. The van der Waals surface area contributed by atoms with Crippen molar-refractivity contribution in [2.75, 3.05) is 5.32 Å². The number of hydrogen-bond acceptors (Lipinski definition) is 2. The number of anilines is 2. The molecule has 98 valence electrons. The van der Waals surface area contributed by atoms with E-state index in [1.54, 1.807) is 0 Å². The molecule has 2 nitrogen and oxygen atoms in total. The number of hydrogen-bond donors (Lipinski definition) is 2. The topological polar surface area (TPSA) is 38.0 Å². The number of rotatable bonds is 3. The second-order valence-corrected chi connectivity index (χ2v) is 5.84. The van der Waals surface area contributed by atoms with Crippen molar-refractivity contribution in [3.63, 3.8) is 0 Å². The molecule has 0 unspecified atom stereocenters. The van der Waals surface area contributed by atoms with Crippen LogP contribution >= 0.6 is 39.7 Å². The zero-order chi connectivity index (χ0) is 14.0. The van der Waals surface area contributed by atoms with Gasteiger partial charge < -0.3 is 11.1 Å². The second-order valence-electron chi connectivity index (χ2n) is 4.11. The molecule has 0 amide bonds. The molecule has 0 radical (unpaired) electrons. The average molecular weight is 356 g/mol. The molecule has 2 rings (SSSR count). The fourth-order valence-corrected chi connectivity index (χ4v) is 2.86. The number of halogens is 2. The lowest BCUT2D eigenvalue weighted by Crippen LogP contribution is -2.13. The van der Waals surface area contributed by atoms with Crippen LogP contribution in [0.4, 0.5) is 11.4 Å². The smallest absolute Gasteiger partial charge is 0.107 e. The average Bonchev–Trinajstić information content (AvgIpc) is 2.33. The molecule has 0 aliphatic carbocycles. The van der Waals surface area contributed by atoms with Crippen LogP contribution < -0.4 is 11.1 Å². The Morgan fingerprint density at radius 3 is 2.68 bits per heavy atom. The van der Waals surface area contributed by atoms with E-state index in [0.29, 0.717) is 10.0 Å². The molecule has 2 aromatic carbocycles. The van der Waals surface area contributed by atoms with Crippen molar-refractivity contribution in [2.45, 2.75) is 6.92 Å². The number of nitrogens with one attached hydrogen (secondary N) is 1. The van der Waals surface area contributed by atoms with E-state index in [4.69, 9.17) is 29.6 Å². The van der Waals surface area contributed by atoms with Crippen molar-refractivity contribution in [2.24, 2.45) is 5.73 Å². The van der Waals surface area contributed by atoms with Gasteiger partial charge in [-0.15, -0.1) is 0 Å². The molecule has 0 aromatic heterocycles. The van der Waals surface area contributed by atoms with E-state index in [1.807, 2.05) is 43.3 Å². The summed E-state index contributed by atoms with van der Waals surface area (Å²) in [6, 6.07) is 11.5. The summed E-state index contributed by atoms with van der Waals surface area (Å²) in [6.07, 6.45) is 0. The Kier molecular flexibility index (Phi) is 4.45. The van der Waals surface area contributed by atoms with Crippen LogP contribution in [0.15, 0.2) is 40.9 Å². The van der Waals surface area contributed by atoms with E-state index in [0.717, 1.165) is 27.0 Å². The summed E-state index contributed by atoms with van der Waals surface area (Å²) in [4.78, 5) is 0.342. The van der Waals surface area contributed by atoms with E-state index < -0.39 is 0 Å². The molecular formula is C14H12BrClN2S. The minimum Gasteiger partial charge on any atom is -0.389 e. The van der Waals surface area contributed by atoms with Crippen molar-refractivity contribution in [1.29, 1.82) is 0 Å². The molecule has 0 fully saturated rings. The summed E-state index contributed by atoms with van der Waals surface area (Å²) < 4.78 is 0.865. The minimum atomic E-state index is 0.342. The highest BCUT2D eigenvalue weighted by Crippen LogP contribution is 2.30. The zero-order valence-electron chi connectivity index (χ0n) is 10.2. The molecule has 0 bridgehead atoms. The third-order valence-electron chi connectivity index (χ3n) is 2.73. The highest BCUT2D eigenvalue weighted by molar-refractivity contribution is 9.10. The van der Waals surface area contributed by atoms with Crippen LogP contribution in [0.1, 0.15) is 11.1 Å². The quantitative estimate of drug-likeness (QED) is 0.778. The maximum Gasteiger partial charge on any atom is 0.107 e. The first-order valence-electron chi connectivity index (χ1n) is 5.60. The lowest BCUT2D eigenvalue weighted by atomic mass is 10.1. The molecule has 2 aromatic rings. The van der Waals surface area contributed by atoms with Gasteiger partial charge in [-0.25, -0.2) is 0 Å². The molecule has 5 heteroatoms. The van der Waals surface area contributed by atoms with Gasteiger partial charge in [0.2, 0.25) is 0 Å². The number of nitrogens with two attached hydrogens (primary N) is 1. The van der Waals surface area contributed by atoms with Gasteiger partial charge in [0.15, 0.2) is 0 Å². The van der Waals surface area contributed by atoms with Gasteiger partial charge >= 0.3 is 0 Å². The predicted octanol–water partition coefficient (Wildman–Crippen LogP) is 4.79. The molecular weight excluding hydrogens is 344 g/mol. The first kappa shape index (κ1) is 14.3. The van der Waals surface area contributed by atoms with Crippen LogP contribution in [-0.2, 0) is 0 Å². The third-order valence-corrected chi connectivity index (χ3v) is 3.83. The van der Waals surface area contributed by atoms with Crippen molar-refractivity contribution >= 4 is 56.1 Å². The lowest BCUT2D eigenvalue weighted by Gasteiger charge is -2.14. The molecule has 0 aliphatic heterocycles. The van der Waals surface area contributed by atoms with Crippen LogP contribution in [0.5, 0.6) is 0 Å². The predicted molar refractivity (Wildman–Crippen MR) is 89.5 cm³/mol. The van der Waals surface area contributed by atoms with Crippen molar-refractivity contribution in [3.05, 3.63) is 57.0 Å². The standard InChI is InChI=1S/C14H12BrClN2S/c1-8-5-6-9(16)7-12(8)18-11-4-2-3-10(15)13(11)14(17)19/h2-7,18H,1H3,(H2,17,19). The largest absolute Gasteiger partial charge is 0.389 e. The molecule has 0 saturated heterocycles. The number of thiocarbonyl (C=S) groups is 1. The summed E-state index contributed by atoms with van der Waals surface area (Å²) in [5, 5.41) is 4.00. The van der Waals surface area contributed by atoms with Crippen LogP contribution in [0.3, 0.4) is 0 Å². The van der Waals surface area contributed by atoms with Gasteiger partial charge in [-0.2, -0.15) is 0 Å². The molecule has 19 heavy (non-hydrogen) atoms. The molecule has 0 aliphatic rings.